The standard InChI is InChI=1S/C29H46F2N6O2/c1-28(26-33-25(39-34-26)21-9-10-21)13-17-37(18-14-28)27(38)32-24-23(6-3-12-29(24,30)31)36-15-4-5-22(11-16-36)35(2)19-20-7-8-20/h20-24H,3-19H2,1-2H3,(H,32,38)/t22-,23-,24+/m0/s1. The molecule has 2 saturated heterocycles. The zero-order valence-electron chi connectivity index (χ0n) is 23.7. The van der Waals surface area contributed by atoms with Gasteiger partial charge in [-0.15, -0.1) is 0 Å². The van der Waals surface area contributed by atoms with Crippen LogP contribution in [0, 0.1) is 5.92 Å². The van der Waals surface area contributed by atoms with E-state index in [4.69, 9.17) is 4.52 Å². The van der Waals surface area contributed by atoms with Crippen LogP contribution in [0.5, 0.6) is 0 Å². The summed E-state index contributed by atoms with van der Waals surface area (Å²) in [6.07, 6.45) is 10.5. The van der Waals surface area contributed by atoms with Gasteiger partial charge < -0.3 is 19.6 Å². The number of likely N-dealkylation sites (tertiary alicyclic amines) is 2. The summed E-state index contributed by atoms with van der Waals surface area (Å²) < 4.78 is 36.2. The lowest BCUT2D eigenvalue weighted by molar-refractivity contribution is -0.0918. The molecule has 0 aromatic carbocycles. The average molecular weight is 549 g/mol. The molecule has 3 saturated carbocycles. The molecule has 10 heteroatoms. The third kappa shape index (κ3) is 6.11. The minimum absolute atomic E-state index is 0.158. The summed E-state index contributed by atoms with van der Waals surface area (Å²) in [5, 5.41) is 7.09. The lowest BCUT2D eigenvalue weighted by Crippen LogP contribution is -2.64. The molecule has 8 nitrogen and oxygen atoms in total. The van der Waals surface area contributed by atoms with Crippen molar-refractivity contribution in [3.8, 4) is 0 Å². The van der Waals surface area contributed by atoms with E-state index in [0.29, 0.717) is 56.6 Å². The molecule has 3 atom stereocenters. The van der Waals surface area contributed by atoms with Crippen LogP contribution in [0.1, 0.15) is 102 Å². The zero-order valence-corrected chi connectivity index (χ0v) is 23.7. The fourth-order valence-corrected chi connectivity index (χ4v) is 7.10. The largest absolute Gasteiger partial charge is 0.339 e. The fourth-order valence-electron chi connectivity index (χ4n) is 7.10. The number of hydrogen-bond acceptors (Lipinski definition) is 6. The van der Waals surface area contributed by atoms with Crippen LogP contribution in [-0.2, 0) is 5.41 Å². The molecule has 3 aliphatic carbocycles. The molecular formula is C29H46F2N6O2. The van der Waals surface area contributed by atoms with Gasteiger partial charge in [-0.3, -0.25) is 4.90 Å². The highest BCUT2D eigenvalue weighted by Gasteiger charge is 2.50. The molecular weight excluding hydrogens is 502 g/mol. The van der Waals surface area contributed by atoms with Crippen LogP contribution in [0.25, 0.3) is 0 Å². The summed E-state index contributed by atoms with van der Waals surface area (Å²) in [6.45, 7) is 5.92. The molecule has 5 aliphatic rings. The Morgan fingerprint density at radius 3 is 2.51 bits per heavy atom. The number of nitrogens with zero attached hydrogens (tertiary/aromatic N) is 5. The van der Waals surface area contributed by atoms with E-state index in [9.17, 15) is 4.79 Å². The second-order valence-corrected chi connectivity index (χ2v) is 13.4. The van der Waals surface area contributed by atoms with Crippen molar-refractivity contribution in [3.63, 3.8) is 0 Å². The highest BCUT2D eigenvalue weighted by Crippen LogP contribution is 2.41. The summed E-state index contributed by atoms with van der Waals surface area (Å²) in [6, 6.07) is -1.31. The lowest BCUT2D eigenvalue weighted by atomic mass is 9.79. The summed E-state index contributed by atoms with van der Waals surface area (Å²) in [7, 11) is 2.23. The number of aromatic nitrogens is 2. The van der Waals surface area contributed by atoms with Crippen LogP contribution in [0.4, 0.5) is 13.6 Å². The van der Waals surface area contributed by atoms with E-state index >= 15 is 8.78 Å². The average Bonchev–Trinajstić information content (AvgIpc) is 3.84. The maximum atomic E-state index is 15.4. The van der Waals surface area contributed by atoms with E-state index in [1.807, 2.05) is 0 Å². The van der Waals surface area contributed by atoms with Crippen molar-refractivity contribution >= 4 is 6.03 Å². The van der Waals surface area contributed by atoms with Gasteiger partial charge in [-0.05, 0) is 90.1 Å². The SMILES string of the molecule is CN(CC1CC1)[C@H]1CCCN([C@H]2CCCC(F)(F)[C@@H]2NC(=O)N2CCC(C)(c3noc(C4CC4)n3)CC2)CC1. The smallest absolute Gasteiger partial charge is 0.317 e. The van der Waals surface area contributed by atoms with E-state index in [0.717, 1.165) is 63.5 Å². The Morgan fingerprint density at radius 2 is 1.79 bits per heavy atom. The Balaban J connectivity index is 1.06. The van der Waals surface area contributed by atoms with Crippen molar-refractivity contribution in [2.75, 3.05) is 39.8 Å². The summed E-state index contributed by atoms with van der Waals surface area (Å²) in [5.74, 6) is -0.200. The first kappa shape index (κ1) is 27.4. The fraction of sp³-hybridized carbons (Fsp3) is 0.897. The quantitative estimate of drug-likeness (QED) is 0.529. The lowest BCUT2D eigenvalue weighted by Gasteiger charge is -2.45. The maximum Gasteiger partial charge on any atom is 0.317 e. The molecule has 5 fully saturated rings. The predicted molar refractivity (Wildman–Crippen MR) is 144 cm³/mol. The molecule has 0 radical (unpaired) electrons. The van der Waals surface area contributed by atoms with Gasteiger partial charge in [-0.1, -0.05) is 12.1 Å². The Kier molecular flexibility index (Phi) is 7.63. The molecule has 3 heterocycles. The number of carbonyl (C=O) groups is 1. The van der Waals surface area contributed by atoms with Crippen LogP contribution in [0.2, 0.25) is 0 Å². The van der Waals surface area contributed by atoms with Gasteiger partial charge in [0.05, 0.1) is 0 Å². The first-order chi connectivity index (χ1) is 18.7. The van der Waals surface area contributed by atoms with Crippen LogP contribution >= 0.6 is 0 Å². The monoisotopic (exact) mass is 548 g/mol. The van der Waals surface area contributed by atoms with Crippen molar-refractivity contribution < 1.29 is 18.1 Å². The molecule has 0 bridgehead atoms. The van der Waals surface area contributed by atoms with Crippen LogP contribution in [-0.4, -0.2) is 94.7 Å². The van der Waals surface area contributed by atoms with Crippen molar-refractivity contribution in [1.82, 2.24) is 30.2 Å². The van der Waals surface area contributed by atoms with Crippen molar-refractivity contribution in [2.45, 2.75) is 119 Å². The maximum absolute atomic E-state index is 15.4. The second kappa shape index (κ2) is 10.9. The van der Waals surface area contributed by atoms with E-state index in [1.165, 1.54) is 12.8 Å². The second-order valence-electron chi connectivity index (χ2n) is 13.4. The van der Waals surface area contributed by atoms with Gasteiger partial charge >= 0.3 is 6.03 Å². The van der Waals surface area contributed by atoms with Gasteiger partial charge in [-0.2, -0.15) is 4.98 Å². The molecule has 0 unspecified atom stereocenters. The highest BCUT2D eigenvalue weighted by molar-refractivity contribution is 5.75. The molecule has 1 aromatic rings. The summed E-state index contributed by atoms with van der Waals surface area (Å²) in [5.41, 5.74) is -0.264. The summed E-state index contributed by atoms with van der Waals surface area (Å²) >= 11 is 0. The number of hydrogen-bond donors (Lipinski definition) is 1. The molecule has 1 aromatic heterocycles. The summed E-state index contributed by atoms with van der Waals surface area (Å²) in [4.78, 5) is 24.5. The minimum Gasteiger partial charge on any atom is -0.339 e. The Morgan fingerprint density at radius 1 is 1.03 bits per heavy atom. The van der Waals surface area contributed by atoms with Gasteiger partial charge in [0.1, 0.15) is 6.04 Å². The Hall–Kier alpha value is -1.81. The van der Waals surface area contributed by atoms with Gasteiger partial charge in [-0.25, -0.2) is 13.6 Å². The van der Waals surface area contributed by atoms with Crippen LogP contribution < -0.4 is 5.32 Å². The van der Waals surface area contributed by atoms with E-state index < -0.39 is 12.0 Å². The number of rotatable bonds is 7. The number of carbonyl (C=O) groups excluding carboxylic acids is 1. The molecule has 6 rings (SSSR count). The van der Waals surface area contributed by atoms with E-state index in [1.54, 1.807) is 4.90 Å². The number of piperidine rings is 1. The predicted octanol–water partition coefficient (Wildman–Crippen LogP) is 4.76. The first-order valence-corrected chi connectivity index (χ1v) is 15.4. The van der Waals surface area contributed by atoms with E-state index in [-0.39, 0.29) is 23.9 Å². The van der Waals surface area contributed by atoms with Gasteiger partial charge in [0, 0.05) is 56.0 Å². The molecule has 39 heavy (non-hydrogen) atoms. The first-order valence-electron chi connectivity index (χ1n) is 15.4. The van der Waals surface area contributed by atoms with Crippen LogP contribution in [0.3, 0.4) is 0 Å². The molecule has 2 amide bonds. The van der Waals surface area contributed by atoms with Crippen molar-refractivity contribution in [1.29, 1.82) is 0 Å². The van der Waals surface area contributed by atoms with Crippen LogP contribution in [0.15, 0.2) is 4.52 Å². The Bertz CT molecular complexity index is 1000. The molecule has 2 aliphatic heterocycles. The zero-order chi connectivity index (χ0) is 27.2. The van der Waals surface area contributed by atoms with Gasteiger partial charge in [0.15, 0.2) is 5.82 Å². The molecule has 0 spiro atoms. The molecule has 1 N–H and O–H groups in total. The number of urea groups is 1. The number of nitrogens with one attached hydrogen (secondary N) is 1. The molecule has 218 valence electrons. The van der Waals surface area contributed by atoms with Crippen molar-refractivity contribution in [3.05, 3.63) is 11.7 Å². The topological polar surface area (TPSA) is 77.7 Å². The van der Waals surface area contributed by atoms with Gasteiger partial charge in [0.25, 0.3) is 5.92 Å². The van der Waals surface area contributed by atoms with Crippen molar-refractivity contribution in [2.24, 2.45) is 5.92 Å². The number of alkyl halides is 2. The number of amides is 2. The highest BCUT2D eigenvalue weighted by atomic mass is 19.3. The number of halogens is 2. The third-order valence-corrected chi connectivity index (χ3v) is 10.3. The van der Waals surface area contributed by atoms with Gasteiger partial charge in [0.2, 0.25) is 5.89 Å². The van der Waals surface area contributed by atoms with E-state index in [2.05, 4.69) is 39.2 Å². The Labute approximate surface area is 231 Å². The minimum atomic E-state index is -2.90. The normalized spacial score (nSPS) is 31.7. The third-order valence-electron chi connectivity index (χ3n) is 10.3.